The van der Waals surface area contributed by atoms with Gasteiger partial charge in [-0.1, -0.05) is 23.3 Å². The molecule has 3 atom stereocenters. The van der Waals surface area contributed by atoms with Crippen molar-refractivity contribution in [2.24, 2.45) is 5.73 Å². The Morgan fingerprint density at radius 2 is 1.92 bits per heavy atom. The van der Waals surface area contributed by atoms with Crippen molar-refractivity contribution in [3.05, 3.63) is 46.1 Å². The van der Waals surface area contributed by atoms with Gasteiger partial charge < -0.3 is 30.7 Å². The summed E-state index contributed by atoms with van der Waals surface area (Å²) in [5.74, 6) is -2.31. The number of phenols is 1. The Morgan fingerprint density at radius 3 is 2.54 bits per heavy atom. The number of amides is 2. The van der Waals surface area contributed by atoms with Crippen LogP contribution in [0.5, 0.6) is 11.5 Å². The number of carbonyl (C=O) groups excluding carboxylic acids is 2. The zero-order valence-corrected chi connectivity index (χ0v) is 22.0. The van der Waals surface area contributed by atoms with E-state index in [1.807, 2.05) is 6.92 Å². The van der Waals surface area contributed by atoms with Gasteiger partial charge in [0.1, 0.15) is 23.1 Å². The van der Waals surface area contributed by atoms with Gasteiger partial charge in [0.05, 0.1) is 18.2 Å². The van der Waals surface area contributed by atoms with Crippen LogP contribution in [0.3, 0.4) is 0 Å². The van der Waals surface area contributed by atoms with E-state index < -0.39 is 35.5 Å². The summed E-state index contributed by atoms with van der Waals surface area (Å²) in [6, 6.07) is 0.0612. The standard InChI is InChI=1S/C28H38N2O7/c1-16(2)7-5-8-17(3)9-6-12-28(4)23(32)14-19-22(31)13-18-20(25(19)37-28)15-30(26(18)34)21(27(35)36)10-11-24(29)33/h7,9,13,21,23,31-32H,5-6,8,10-12,14-15H2,1-4H3,(H2,29,33)(H,35,36)/b17-9+/t21-,23?,28-/m0/s1. The first-order chi connectivity index (χ1) is 17.3. The van der Waals surface area contributed by atoms with Gasteiger partial charge in [-0.15, -0.1) is 0 Å². The van der Waals surface area contributed by atoms with Gasteiger partial charge in [-0.05, 0) is 65.9 Å². The summed E-state index contributed by atoms with van der Waals surface area (Å²) in [7, 11) is 0. The van der Waals surface area contributed by atoms with Gasteiger partial charge in [0.2, 0.25) is 5.91 Å². The number of nitrogens with zero attached hydrogens (tertiary/aromatic N) is 1. The Kier molecular flexibility index (Phi) is 8.68. The lowest BCUT2D eigenvalue weighted by Gasteiger charge is -2.41. The first-order valence-electron chi connectivity index (χ1n) is 12.7. The van der Waals surface area contributed by atoms with Gasteiger partial charge in [0.15, 0.2) is 0 Å². The normalized spacial score (nSPS) is 21.6. The number of fused-ring (bicyclic) bond motifs is 3. The van der Waals surface area contributed by atoms with E-state index in [0.717, 1.165) is 12.8 Å². The minimum absolute atomic E-state index is 0.0396. The van der Waals surface area contributed by atoms with Crippen LogP contribution >= 0.6 is 0 Å². The zero-order chi connectivity index (χ0) is 27.5. The molecular formula is C28H38N2O7. The summed E-state index contributed by atoms with van der Waals surface area (Å²) in [4.78, 5) is 37.4. The summed E-state index contributed by atoms with van der Waals surface area (Å²) in [6.07, 6.45) is 6.45. The van der Waals surface area contributed by atoms with Crippen LogP contribution < -0.4 is 10.5 Å². The molecule has 0 bridgehead atoms. The molecule has 0 aliphatic carbocycles. The second kappa shape index (κ2) is 11.4. The highest BCUT2D eigenvalue weighted by Crippen LogP contribution is 2.46. The molecule has 9 nitrogen and oxygen atoms in total. The number of phenolic OH excluding ortho intramolecular Hbond substituents is 1. The molecule has 202 valence electrons. The number of rotatable bonds is 11. The van der Waals surface area contributed by atoms with Gasteiger partial charge in [0, 0.05) is 24.0 Å². The van der Waals surface area contributed by atoms with Crippen LogP contribution in [0.25, 0.3) is 0 Å². The van der Waals surface area contributed by atoms with Crippen molar-refractivity contribution >= 4 is 17.8 Å². The summed E-state index contributed by atoms with van der Waals surface area (Å²) in [5, 5.41) is 31.3. The minimum Gasteiger partial charge on any atom is -0.508 e. The molecule has 0 radical (unpaired) electrons. The third-order valence-corrected chi connectivity index (χ3v) is 7.27. The Hall–Kier alpha value is -3.33. The Labute approximate surface area is 217 Å². The first-order valence-corrected chi connectivity index (χ1v) is 12.7. The molecule has 1 aromatic rings. The number of aliphatic hydroxyl groups is 1. The first kappa shape index (κ1) is 28.2. The number of aromatic hydroxyl groups is 1. The number of aliphatic hydroxyl groups excluding tert-OH is 1. The number of hydrogen-bond donors (Lipinski definition) is 4. The lowest BCUT2D eigenvalue weighted by Crippen LogP contribution is -2.49. The molecule has 1 unspecified atom stereocenters. The molecule has 5 N–H and O–H groups in total. The van der Waals surface area contributed by atoms with Gasteiger partial charge in [-0.25, -0.2) is 4.79 Å². The number of carbonyl (C=O) groups is 3. The smallest absolute Gasteiger partial charge is 0.326 e. The molecule has 2 amide bonds. The predicted octanol–water partition coefficient (Wildman–Crippen LogP) is 3.59. The lowest BCUT2D eigenvalue weighted by atomic mass is 9.84. The average Bonchev–Trinajstić information content (AvgIpc) is 3.11. The molecule has 9 heteroatoms. The third-order valence-electron chi connectivity index (χ3n) is 7.27. The van der Waals surface area contributed by atoms with Gasteiger partial charge in [0.25, 0.3) is 5.91 Å². The number of carboxylic acids is 1. The van der Waals surface area contributed by atoms with E-state index in [4.69, 9.17) is 10.5 Å². The monoisotopic (exact) mass is 514 g/mol. The Morgan fingerprint density at radius 1 is 1.22 bits per heavy atom. The van der Waals surface area contributed by atoms with E-state index >= 15 is 0 Å². The number of aliphatic carboxylic acids is 1. The number of primary amides is 1. The highest BCUT2D eigenvalue weighted by Gasteiger charge is 2.45. The van der Waals surface area contributed by atoms with E-state index in [2.05, 4.69) is 32.9 Å². The molecule has 1 aromatic carbocycles. The molecule has 0 aromatic heterocycles. The van der Waals surface area contributed by atoms with E-state index in [1.54, 1.807) is 0 Å². The number of ether oxygens (including phenoxy) is 1. The molecule has 2 heterocycles. The zero-order valence-electron chi connectivity index (χ0n) is 22.0. The average molecular weight is 515 g/mol. The van der Waals surface area contributed by atoms with Gasteiger partial charge in [-0.2, -0.15) is 0 Å². The van der Waals surface area contributed by atoms with E-state index in [1.165, 1.54) is 22.1 Å². The Bertz CT molecular complexity index is 1140. The molecule has 0 saturated carbocycles. The molecule has 0 saturated heterocycles. The third kappa shape index (κ3) is 6.33. The van der Waals surface area contributed by atoms with Crippen LogP contribution in [0, 0.1) is 0 Å². The fraction of sp³-hybridized carbons (Fsp3) is 0.536. The fourth-order valence-electron chi connectivity index (χ4n) is 4.96. The van der Waals surface area contributed by atoms with Crippen molar-refractivity contribution in [1.29, 1.82) is 0 Å². The van der Waals surface area contributed by atoms with Crippen molar-refractivity contribution in [2.75, 3.05) is 0 Å². The maximum atomic E-state index is 13.1. The molecular weight excluding hydrogens is 476 g/mol. The number of carboxylic acid groups (broad SMARTS) is 1. The maximum absolute atomic E-state index is 13.1. The number of allylic oxidation sites excluding steroid dienone is 4. The van der Waals surface area contributed by atoms with Crippen LogP contribution in [-0.4, -0.2) is 55.8 Å². The summed E-state index contributed by atoms with van der Waals surface area (Å²) < 4.78 is 6.34. The SMILES string of the molecule is CC(C)=CCC/C(C)=C/CC[C@]1(C)Oc2c(c(O)cc3c2CN([C@@H](CCC(N)=O)C(=O)O)C3=O)CC1O. The van der Waals surface area contributed by atoms with Crippen molar-refractivity contribution in [3.63, 3.8) is 0 Å². The molecule has 2 aliphatic rings. The van der Waals surface area contributed by atoms with Crippen LogP contribution in [0.15, 0.2) is 29.4 Å². The molecule has 0 fully saturated rings. The van der Waals surface area contributed by atoms with Crippen LogP contribution in [0.4, 0.5) is 0 Å². The van der Waals surface area contributed by atoms with E-state index in [-0.39, 0.29) is 37.1 Å². The highest BCUT2D eigenvalue weighted by molar-refractivity contribution is 6.02. The number of benzene rings is 1. The largest absolute Gasteiger partial charge is 0.508 e. The van der Waals surface area contributed by atoms with Crippen molar-refractivity contribution in [3.8, 4) is 11.5 Å². The minimum atomic E-state index is -1.25. The van der Waals surface area contributed by atoms with Crippen molar-refractivity contribution in [1.82, 2.24) is 4.90 Å². The predicted molar refractivity (Wildman–Crippen MR) is 138 cm³/mol. The summed E-state index contributed by atoms with van der Waals surface area (Å²) in [5.41, 5.74) is 7.81. The second-order valence-corrected chi connectivity index (χ2v) is 10.6. The maximum Gasteiger partial charge on any atom is 0.326 e. The summed E-state index contributed by atoms with van der Waals surface area (Å²) in [6.45, 7) is 8.00. The molecule has 2 aliphatic heterocycles. The highest BCUT2D eigenvalue weighted by atomic mass is 16.5. The van der Waals surface area contributed by atoms with E-state index in [0.29, 0.717) is 29.7 Å². The fourth-order valence-corrected chi connectivity index (χ4v) is 4.96. The number of hydrogen-bond acceptors (Lipinski definition) is 6. The van der Waals surface area contributed by atoms with Crippen molar-refractivity contribution < 1.29 is 34.4 Å². The lowest BCUT2D eigenvalue weighted by molar-refractivity contribution is -0.142. The van der Waals surface area contributed by atoms with E-state index in [9.17, 15) is 29.7 Å². The topological polar surface area (TPSA) is 150 Å². The molecule has 3 rings (SSSR count). The van der Waals surface area contributed by atoms with Gasteiger partial charge >= 0.3 is 5.97 Å². The van der Waals surface area contributed by atoms with Crippen LogP contribution in [0.2, 0.25) is 0 Å². The number of nitrogens with two attached hydrogens (primary N) is 1. The van der Waals surface area contributed by atoms with Crippen LogP contribution in [0.1, 0.15) is 87.7 Å². The molecule has 37 heavy (non-hydrogen) atoms. The molecule has 0 spiro atoms. The Balaban J connectivity index is 1.83. The quantitative estimate of drug-likeness (QED) is 0.330. The summed E-state index contributed by atoms with van der Waals surface area (Å²) >= 11 is 0. The van der Waals surface area contributed by atoms with Crippen LogP contribution in [-0.2, 0) is 22.6 Å². The van der Waals surface area contributed by atoms with Gasteiger partial charge in [-0.3, -0.25) is 9.59 Å². The second-order valence-electron chi connectivity index (χ2n) is 10.6. The van der Waals surface area contributed by atoms with Crippen molar-refractivity contribution in [2.45, 2.75) is 96.9 Å².